The summed E-state index contributed by atoms with van der Waals surface area (Å²) in [5, 5.41) is 23.7. The van der Waals surface area contributed by atoms with Crippen molar-refractivity contribution in [3.05, 3.63) is 41.5 Å². The van der Waals surface area contributed by atoms with E-state index in [1.165, 1.54) is 38.5 Å². The molecule has 2 aliphatic rings. The van der Waals surface area contributed by atoms with Crippen LogP contribution in [0, 0.1) is 0 Å². The van der Waals surface area contributed by atoms with E-state index in [1.807, 2.05) is 24.3 Å². The van der Waals surface area contributed by atoms with Crippen LogP contribution in [0.2, 0.25) is 0 Å². The molecular formula is C33H52N2O5. The summed E-state index contributed by atoms with van der Waals surface area (Å²) in [5.41, 5.74) is 1.36. The predicted molar refractivity (Wildman–Crippen MR) is 159 cm³/mol. The first-order chi connectivity index (χ1) is 19.5. The van der Waals surface area contributed by atoms with Crippen LogP contribution in [0.5, 0.6) is 5.75 Å². The van der Waals surface area contributed by atoms with E-state index < -0.39 is 24.2 Å². The van der Waals surface area contributed by atoms with Crippen molar-refractivity contribution in [2.75, 3.05) is 19.7 Å². The number of nitrogens with one attached hydrogen (secondary N) is 1. The van der Waals surface area contributed by atoms with Crippen LogP contribution in [0.4, 0.5) is 0 Å². The molecule has 3 rings (SSSR count). The van der Waals surface area contributed by atoms with Crippen molar-refractivity contribution in [3.63, 3.8) is 0 Å². The van der Waals surface area contributed by atoms with Gasteiger partial charge in [-0.2, -0.15) is 0 Å². The van der Waals surface area contributed by atoms with Crippen LogP contribution >= 0.6 is 0 Å². The van der Waals surface area contributed by atoms with Gasteiger partial charge in [-0.25, -0.2) is 0 Å². The molecule has 0 saturated carbocycles. The highest BCUT2D eigenvalue weighted by molar-refractivity contribution is 5.96. The second kappa shape index (κ2) is 17.4. The van der Waals surface area contributed by atoms with Gasteiger partial charge in [0.05, 0.1) is 18.6 Å². The summed E-state index contributed by atoms with van der Waals surface area (Å²) in [7, 11) is 0. The van der Waals surface area contributed by atoms with Crippen molar-refractivity contribution < 1.29 is 24.5 Å². The van der Waals surface area contributed by atoms with E-state index >= 15 is 0 Å². The SMILES string of the molecule is CCCCCCCCCCCC(=O)N(CCCCCC)C1C=C(C(=O)NCCO)C2c3ccccc3OC2C1O. The molecule has 0 saturated heterocycles. The molecule has 2 amide bonds. The Bertz CT molecular complexity index is 949. The van der Waals surface area contributed by atoms with Crippen molar-refractivity contribution in [2.24, 2.45) is 0 Å². The van der Waals surface area contributed by atoms with Crippen LogP contribution in [-0.4, -0.2) is 64.9 Å². The molecule has 4 unspecified atom stereocenters. The molecule has 3 N–H and O–H groups in total. The molecule has 4 atom stereocenters. The monoisotopic (exact) mass is 556 g/mol. The molecule has 7 heteroatoms. The quantitative estimate of drug-likeness (QED) is 0.192. The molecule has 0 fully saturated rings. The van der Waals surface area contributed by atoms with E-state index in [0.717, 1.165) is 50.5 Å². The van der Waals surface area contributed by atoms with E-state index in [1.54, 1.807) is 11.0 Å². The number of fused-ring (bicyclic) bond motifs is 3. The van der Waals surface area contributed by atoms with E-state index in [-0.39, 0.29) is 25.0 Å². The van der Waals surface area contributed by atoms with Crippen LogP contribution in [0.1, 0.15) is 115 Å². The summed E-state index contributed by atoms with van der Waals surface area (Å²) in [6, 6.07) is 6.93. The smallest absolute Gasteiger partial charge is 0.247 e. The van der Waals surface area contributed by atoms with Crippen LogP contribution in [0.15, 0.2) is 35.9 Å². The molecule has 0 radical (unpaired) electrons. The number of aliphatic hydroxyl groups excluding tert-OH is 2. The van der Waals surface area contributed by atoms with Gasteiger partial charge in [-0.05, 0) is 25.0 Å². The fraction of sp³-hybridized carbons (Fsp3) is 0.697. The van der Waals surface area contributed by atoms with Gasteiger partial charge in [0.15, 0.2) is 0 Å². The fourth-order valence-electron chi connectivity index (χ4n) is 6.07. The molecule has 1 aromatic rings. The number of ether oxygens (including phenoxy) is 1. The van der Waals surface area contributed by atoms with E-state index in [9.17, 15) is 19.8 Å². The number of rotatable bonds is 19. The maximum Gasteiger partial charge on any atom is 0.247 e. The molecule has 0 bridgehead atoms. The number of unbranched alkanes of at least 4 members (excludes halogenated alkanes) is 11. The molecule has 0 spiro atoms. The standard InChI is InChI=1S/C33H52N2O5/c1-3-5-7-9-10-11-12-13-14-20-29(37)35(22-17-8-6-4-2)27-24-26(33(39)34-21-23-36)30-25-18-15-16-19-28(25)40-32(30)31(27)38/h15-16,18-19,24,27,30-32,36,38H,3-14,17,20-23H2,1-2H3,(H,34,39). The Hall–Kier alpha value is -2.38. The van der Waals surface area contributed by atoms with Gasteiger partial charge in [0.25, 0.3) is 0 Å². The van der Waals surface area contributed by atoms with Gasteiger partial charge in [0.1, 0.15) is 18.0 Å². The number of carbonyl (C=O) groups excluding carboxylic acids is 2. The number of hydrogen-bond donors (Lipinski definition) is 3. The summed E-state index contributed by atoms with van der Waals surface area (Å²) in [6.07, 6.45) is 15.4. The van der Waals surface area contributed by atoms with Crippen molar-refractivity contribution in [3.8, 4) is 5.75 Å². The second-order valence-electron chi connectivity index (χ2n) is 11.4. The Kier molecular flexibility index (Phi) is 14.0. The first-order valence-corrected chi connectivity index (χ1v) is 15.9. The summed E-state index contributed by atoms with van der Waals surface area (Å²) in [6.45, 7) is 4.92. The lowest BCUT2D eigenvalue weighted by atomic mass is 9.77. The second-order valence-corrected chi connectivity index (χ2v) is 11.4. The highest BCUT2D eigenvalue weighted by Crippen LogP contribution is 2.47. The normalized spacial score (nSPS) is 21.2. The lowest BCUT2D eigenvalue weighted by Gasteiger charge is -2.41. The van der Waals surface area contributed by atoms with E-state index in [2.05, 4.69) is 19.2 Å². The number of benzene rings is 1. The summed E-state index contributed by atoms with van der Waals surface area (Å²) < 4.78 is 6.21. The van der Waals surface area contributed by atoms with Crippen molar-refractivity contribution in [2.45, 2.75) is 128 Å². The Morgan fingerprint density at radius 1 is 0.900 bits per heavy atom. The Morgan fingerprint density at radius 2 is 1.52 bits per heavy atom. The Labute approximate surface area is 241 Å². The molecule has 0 aromatic heterocycles. The van der Waals surface area contributed by atoms with Crippen molar-refractivity contribution >= 4 is 11.8 Å². The Balaban J connectivity index is 1.73. The topological polar surface area (TPSA) is 99.1 Å². The Morgan fingerprint density at radius 3 is 2.20 bits per heavy atom. The minimum Gasteiger partial charge on any atom is -0.486 e. The van der Waals surface area contributed by atoms with Crippen LogP contribution < -0.4 is 10.1 Å². The number of carbonyl (C=O) groups is 2. The molecular weight excluding hydrogens is 504 g/mol. The average Bonchev–Trinajstić information content (AvgIpc) is 3.36. The summed E-state index contributed by atoms with van der Waals surface area (Å²) in [5.74, 6) is -0.0218. The van der Waals surface area contributed by atoms with Gasteiger partial charge in [-0.1, -0.05) is 103 Å². The van der Waals surface area contributed by atoms with Gasteiger partial charge >= 0.3 is 0 Å². The van der Waals surface area contributed by atoms with Crippen LogP contribution in [0.3, 0.4) is 0 Å². The van der Waals surface area contributed by atoms with Crippen LogP contribution in [-0.2, 0) is 9.59 Å². The summed E-state index contributed by atoms with van der Waals surface area (Å²) in [4.78, 5) is 28.7. The molecule has 1 heterocycles. The molecule has 40 heavy (non-hydrogen) atoms. The van der Waals surface area contributed by atoms with Gasteiger partial charge in [-0.15, -0.1) is 0 Å². The largest absolute Gasteiger partial charge is 0.486 e. The summed E-state index contributed by atoms with van der Waals surface area (Å²) >= 11 is 0. The highest BCUT2D eigenvalue weighted by atomic mass is 16.5. The predicted octanol–water partition coefficient (Wildman–Crippen LogP) is 5.64. The molecule has 1 aliphatic carbocycles. The molecule has 1 aromatic carbocycles. The zero-order chi connectivity index (χ0) is 28.7. The minimum absolute atomic E-state index is 0.0313. The third-order valence-corrected chi connectivity index (χ3v) is 8.30. The third-order valence-electron chi connectivity index (χ3n) is 8.30. The zero-order valence-corrected chi connectivity index (χ0v) is 24.8. The van der Waals surface area contributed by atoms with Gasteiger partial charge < -0.3 is 25.2 Å². The first-order valence-electron chi connectivity index (χ1n) is 15.9. The minimum atomic E-state index is -0.954. The number of para-hydroxylation sites is 1. The van der Waals surface area contributed by atoms with Gasteiger partial charge in [-0.3, -0.25) is 9.59 Å². The molecule has 1 aliphatic heterocycles. The zero-order valence-electron chi connectivity index (χ0n) is 24.8. The van der Waals surface area contributed by atoms with Crippen molar-refractivity contribution in [1.82, 2.24) is 10.2 Å². The maximum atomic E-state index is 13.6. The van der Waals surface area contributed by atoms with Crippen LogP contribution in [0.25, 0.3) is 0 Å². The van der Waals surface area contributed by atoms with Crippen molar-refractivity contribution in [1.29, 1.82) is 0 Å². The number of nitrogens with zero attached hydrogens (tertiary/aromatic N) is 1. The number of hydrogen-bond acceptors (Lipinski definition) is 5. The first kappa shape index (κ1) is 32.1. The highest BCUT2D eigenvalue weighted by Gasteiger charge is 2.50. The van der Waals surface area contributed by atoms with E-state index in [0.29, 0.717) is 24.3 Å². The number of amides is 2. The molecule has 224 valence electrons. The fourth-order valence-corrected chi connectivity index (χ4v) is 6.07. The number of aliphatic hydroxyl groups is 2. The third kappa shape index (κ3) is 8.81. The lowest BCUT2D eigenvalue weighted by molar-refractivity contribution is -0.137. The average molecular weight is 557 g/mol. The van der Waals surface area contributed by atoms with E-state index in [4.69, 9.17) is 4.74 Å². The van der Waals surface area contributed by atoms with Gasteiger partial charge in [0, 0.05) is 30.6 Å². The van der Waals surface area contributed by atoms with Gasteiger partial charge in [0.2, 0.25) is 11.8 Å². The maximum absolute atomic E-state index is 13.6. The lowest BCUT2D eigenvalue weighted by Crippen LogP contribution is -2.56. The molecule has 7 nitrogen and oxygen atoms in total.